The van der Waals surface area contributed by atoms with Crippen molar-refractivity contribution in [3.05, 3.63) is 11.6 Å². The lowest BCUT2D eigenvalue weighted by molar-refractivity contribution is -0.126. The van der Waals surface area contributed by atoms with Gasteiger partial charge in [-0.15, -0.1) is 0 Å². The van der Waals surface area contributed by atoms with Crippen molar-refractivity contribution in [2.75, 3.05) is 13.4 Å². The number of thioether (sulfide) groups is 1. The van der Waals surface area contributed by atoms with Crippen LogP contribution >= 0.6 is 11.8 Å². The summed E-state index contributed by atoms with van der Waals surface area (Å²) < 4.78 is 6.06. The van der Waals surface area contributed by atoms with Gasteiger partial charge in [-0.1, -0.05) is 18.6 Å². The minimum absolute atomic E-state index is 0.266. The molecule has 0 aromatic heterocycles. The van der Waals surface area contributed by atoms with E-state index in [1.807, 2.05) is 14.0 Å². The summed E-state index contributed by atoms with van der Waals surface area (Å²) in [5.41, 5.74) is 1.95. The van der Waals surface area contributed by atoms with Crippen LogP contribution < -0.4 is 0 Å². The number of ketones is 1. The number of carbonyl (C=O) groups excluding carboxylic acids is 1. The maximum Gasteiger partial charge on any atom is 0.133 e. The number of hydrogen-bond acceptors (Lipinski definition) is 3. The van der Waals surface area contributed by atoms with Gasteiger partial charge in [0.25, 0.3) is 0 Å². The van der Waals surface area contributed by atoms with Crippen molar-refractivity contribution in [1.82, 2.24) is 0 Å². The summed E-state index contributed by atoms with van der Waals surface area (Å²) in [7, 11) is 1.87. The molecular weight excluding hydrogens is 328 g/mol. The molecule has 3 heteroatoms. The number of methoxy groups -OCH3 is 1. The minimum atomic E-state index is 0.266. The van der Waals surface area contributed by atoms with Gasteiger partial charge in [0.2, 0.25) is 0 Å². The molecule has 2 nitrogen and oxygen atoms in total. The summed E-state index contributed by atoms with van der Waals surface area (Å²) in [6.45, 7) is 4.28. The first-order valence-corrected chi connectivity index (χ1v) is 11.5. The lowest BCUT2D eigenvalue weighted by Gasteiger charge is -2.58. The Kier molecular flexibility index (Phi) is 4.64. The Bertz CT molecular complexity index is 585. The van der Waals surface area contributed by atoms with Crippen LogP contribution in [0.1, 0.15) is 65.2 Å². The highest BCUT2D eigenvalue weighted by atomic mass is 32.2. The van der Waals surface area contributed by atoms with Crippen molar-refractivity contribution in [2.24, 2.45) is 29.1 Å². The predicted octanol–water partition coefficient (Wildman–Crippen LogP) is 5.26. The summed E-state index contributed by atoms with van der Waals surface area (Å²) in [6, 6.07) is 0. The molecule has 0 aromatic carbocycles. The molecule has 140 valence electrons. The third kappa shape index (κ3) is 2.51. The predicted molar refractivity (Wildman–Crippen MR) is 105 cm³/mol. The van der Waals surface area contributed by atoms with Gasteiger partial charge in [0.05, 0.1) is 6.10 Å². The molecule has 0 saturated heterocycles. The molecule has 0 bridgehead atoms. The quantitative estimate of drug-likeness (QED) is 0.640. The average Bonchev–Trinajstić information content (AvgIpc) is 2.98. The molecule has 4 aliphatic rings. The summed E-state index contributed by atoms with van der Waals surface area (Å²) in [5.74, 6) is 3.11. The Balaban J connectivity index is 1.66. The van der Waals surface area contributed by atoms with Crippen LogP contribution in [0.25, 0.3) is 0 Å². The van der Waals surface area contributed by atoms with E-state index < -0.39 is 0 Å². The summed E-state index contributed by atoms with van der Waals surface area (Å²) in [5, 5.41) is 0. The van der Waals surface area contributed by atoms with Crippen LogP contribution in [0.5, 0.6) is 0 Å². The first-order chi connectivity index (χ1) is 12.0. The van der Waals surface area contributed by atoms with Crippen molar-refractivity contribution in [1.29, 1.82) is 0 Å². The molecule has 0 aliphatic heterocycles. The molecular formula is C22H34O2S. The minimum Gasteiger partial charge on any atom is -0.381 e. The average molecular weight is 363 g/mol. The highest BCUT2D eigenvalue weighted by Gasteiger charge is 2.60. The van der Waals surface area contributed by atoms with Crippen LogP contribution in [0.2, 0.25) is 0 Å². The molecule has 0 spiro atoms. The molecule has 0 N–H and O–H groups in total. The third-order valence-corrected chi connectivity index (χ3v) is 10.2. The van der Waals surface area contributed by atoms with E-state index in [9.17, 15) is 4.79 Å². The molecule has 3 saturated carbocycles. The fraction of sp³-hybridized carbons (Fsp3) is 0.864. The van der Waals surface area contributed by atoms with Gasteiger partial charge in [-0.3, -0.25) is 4.79 Å². The number of rotatable bonds is 3. The number of carbonyl (C=O) groups is 1. The van der Waals surface area contributed by atoms with Crippen LogP contribution in [0.3, 0.4) is 0 Å². The van der Waals surface area contributed by atoms with Crippen LogP contribution in [0.15, 0.2) is 11.6 Å². The number of hydrogen-bond donors (Lipinski definition) is 0. The van der Waals surface area contributed by atoms with Crippen LogP contribution in [0.4, 0.5) is 0 Å². The first kappa shape index (κ1) is 18.1. The molecule has 25 heavy (non-hydrogen) atoms. The molecule has 0 aromatic rings. The van der Waals surface area contributed by atoms with Crippen LogP contribution in [0, 0.1) is 29.1 Å². The number of ether oxygens (including phenoxy) is 1. The SMILES string of the molecule is COC1CCC2(SC)C(=CCC3C2CCC2(C)C(C(C)=O)CCC32)C1. The lowest BCUT2D eigenvalue weighted by Crippen LogP contribution is -2.54. The van der Waals surface area contributed by atoms with Crippen LogP contribution in [-0.2, 0) is 9.53 Å². The maximum absolute atomic E-state index is 12.3. The van der Waals surface area contributed by atoms with Crippen molar-refractivity contribution < 1.29 is 9.53 Å². The standard InChI is InChI=1S/C22H34O2S/c1-14(23)18-7-8-19-17-6-5-15-13-16(24-3)9-12-22(15,25-4)20(17)10-11-21(18,19)2/h5,16-20H,6-13H2,1-4H3. The van der Waals surface area contributed by atoms with Gasteiger partial charge < -0.3 is 4.74 Å². The van der Waals surface area contributed by atoms with Gasteiger partial charge in [0.1, 0.15) is 5.78 Å². The molecule has 4 aliphatic carbocycles. The zero-order chi connectivity index (χ0) is 17.8. The molecule has 7 unspecified atom stereocenters. The van der Waals surface area contributed by atoms with E-state index in [4.69, 9.17) is 4.74 Å². The van der Waals surface area contributed by atoms with E-state index in [0.29, 0.717) is 22.6 Å². The molecule has 0 amide bonds. The van der Waals surface area contributed by atoms with E-state index in [1.54, 1.807) is 5.57 Å². The van der Waals surface area contributed by atoms with Gasteiger partial charge in [0, 0.05) is 17.8 Å². The second-order valence-corrected chi connectivity index (χ2v) is 10.5. The van der Waals surface area contributed by atoms with E-state index in [1.165, 1.54) is 38.5 Å². The number of allylic oxidation sites excluding steroid dienone is 1. The van der Waals surface area contributed by atoms with Crippen molar-refractivity contribution in [3.63, 3.8) is 0 Å². The summed E-state index contributed by atoms with van der Waals surface area (Å²) >= 11 is 2.12. The topological polar surface area (TPSA) is 26.3 Å². The van der Waals surface area contributed by atoms with E-state index >= 15 is 0 Å². The van der Waals surface area contributed by atoms with Gasteiger partial charge >= 0.3 is 0 Å². The van der Waals surface area contributed by atoms with Gasteiger partial charge in [-0.2, -0.15) is 11.8 Å². The van der Waals surface area contributed by atoms with Crippen molar-refractivity contribution >= 4 is 17.5 Å². The smallest absolute Gasteiger partial charge is 0.133 e. The van der Waals surface area contributed by atoms with Gasteiger partial charge in [0.15, 0.2) is 0 Å². The number of Topliss-reactive ketones (excluding diaryl/α,β-unsaturated/α-hetero) is 1. The van der Waals surface area contributed by atoms with E-state index in [2.05, 4.69) is 31.0 Å². The van der Waals surface area contributed by atoms with Gasteiger partial charge in [-0.25, -0.2) is 0 Å². The summed E-state index contributed by atoms with van der Waals surface area (Å²) in [4.78, 5) is 12.3. The van der Waals surface area contributed by atoms with Crippen molar-refractivity contribution in [2.45, 2.75) is 76.1 Å². The fourth-order valence-corrected chi connectivity index (χ4v) is 8.81. The summed E-state index contributed by atoms with van der Waals surface area (Å²) in [6.07, 6.45) is 15.2. The number of fused-ring (bicyclic) bond motifs is 5. The zero-order valence-corrected chi connectivity index (χ0v) is 17.2. The highest BCUT2D eigenvalue weighted by molar-refractivity contribution is 8.00. The Morgan fingerprint density at radius 3 is 2.68 bits per heavy atom. The highest BCUT2D eigenvalue weighted by Crippen LogP contribution is 2.66. The second kappa shape index (κ2) is 6.41. The fourth-order valence-electron chi connectivity index (χ4n) is 7.46. The Labute approximate surface area is 157 Å². The zero-order valence-electron chi connectivity index (χ0n) is 16.3. The van der Waals surface area contributed by atoms with E-state index in [-0.39, 0.29) is 5.41 Å². The third-order valence-electron chi connectivity index (χ3n) is 8.69. The largest absolute Gasteiger partial charge is 0.381 e. The second-order valence-electron chi connectivity index (χ2n) is 9.32. The molecule has 4 rings (SSSR count). The molecule has 7 atom stereocenters. The van der Waals surface area contributed by atoms with Crippen molar-refractivity contribution in [3.8, 4) is 0 Å². The Hall–Kier alpha value is -0.280. The lowest BCUT2D eigenvalue weighted by atomic mass is 9.51. The molecule has 0 radical (unpaired) electrons. The van der Waals surface area contributed by atoms with E-state index in [0.717, 1.165) is 30.6 Å². The first-order valence-electron chi connectivity index (χ1n) is 10.2. The molecule has 3 fully saturated rings. The van der Waals surface area contributed by atoms with Crippen LogP contribution in [-0.4, -0.2) is 30.0 Å². The van der Waals surface area contributed by atoms with Gasteiger partial charge in [-0.05, 0) is 87.7 Å². The normalized spacial score (nSPS) is 49.0. The molecule has 0 heterocycles. The Morgan fingerprint density at radius 2 is 2.00 bits per heavy atom. The maximum atomic E-state index is 12.3. The monoisotopic (exact) mass is 362 g/mol. The Morgan fingerprint density at radius 1 is 1.20 bits per heavy atom.